The van der Waals surface area contributed by atoms with E-state index in [-0.39, 0.29) is 11.7 Å². The Balaban J connectivity index is 1.88. The lowest BCUT2D eigenvalue weighted by molar-refractivity contribution is -0.118. The van der Waals surface area contributed by atoms with Crippen LogP contribution in [-0.2, 0) is 4.79 Å². The van der Waals surface area contributed by atoms with Gasteiger partial charge in [0.1, 0.15) is 5.75 Å². The molecule has 5 heteroatoms. The van der Waals surface area contributed by atoms with Crippen molar-refractivity contribution in [2.45, 2.75) is 11.8 Å². The normalized spacial score (nSPS) is 11.2. The van der Waals surface area contributed by atoms with Gasteiger partial charge in [-0.15, -0.1) is 11.8 Å². The van der Waals surface area contributed by atoms with Gasteiger partial charge in [-0.3, -0.25) is 4.79 Å². The van der Waals surface area contributed by atoms with Gasteiger partial charge in [0.25, 0.3) is 0 Å². The van der Waals surface area contributed by atoms with E-state index in [2.05, 4.69) is 10.5 Å². The van der Waals surface area contributed by atoms with E-state index in [1.165, 1.54) is 11.8 Å². The topological polar surface area (TPSA) is 61.7 Å². The Hall–Kier alpha value is -2.27. The monoisotopic (exact) mass is 300 g/mol. The molecule has 4 nitrogen and oxygen atoms in total. The number of thioether (sulfide) groups is 1. The van der Waals surface area contributed by atoms with Gasteiger partial charge in [-0.1, -0.05) is 30.3 Å². The Morgan fingerprint density at radius 1 is 1.14 bits per heavy atom. The Morgan fingerprint density at radius 2 is 1.81 bits per heavy atom. The zero-order valence-corrected chi connectivity index (χ0v) is 12.4. The van der Waals surface area contributed by atoms with E-state index in [9.17, 15) is 9.90 Å². The van der Waals surface area contributed by atoms with Gasteiger partial charge in [-0.2, -0.15) is 5.10 Å². The lowest BCUT2D eigenvalue weighted by atomic mass is 10.1. The third-order valence-corrected chi connectivity index (χ3v) is 3.77. The van der Waals surface area contributed by atoms with Crippen LogP contribution in [0.2, 0.25) is 0 Å². The van der Waals surface area contributed by atoms with Crippen molar-refractivity contribution in [3.05, 3.63) is 60.2 Å². The summed E-state index contributed by atoms with van der Waals surface area (Å²) in [6.07, 6.45) is 0. The fourth-order valence-corrected chi connectivity index (χ4v) is 2.40. The first-order valence-corrected chi connectivity index (χ1v) is 7.44. The summed E-state index contributed by atoms with van der Waals surface area (Å²) >= 11 is 1.45. The van der Waals surface area contributed by atoms with E-state index in [1.54, 1.807) is 31.2 Å². The number of hydrazone groups is 1. The zero-order chi connectivity index (χ0) is 15.1. The Morgan fingerprint density at radius 3 is 2.52 bits per heavy atom. The minimum Gasteiger partial charge on any atom is -0.507 e. The number of hydrogen-bond donors (Lipinski definition) is 2. The highest BCUT2D eigenvalue weighted by atomic mass is 32.2. The highest BCUT2D eigenvalue weighted by Gasteiger charge is 2.05. The minimum absolute atomic E-state index is 0.145. The molecule has 0 saturated heterocycles. The summed E-state index contributed by atoms with van der Waals surface area (Å²) in [6, 6.07) is 16.6. The first-order chi connectivity index (χ1) is 10.2. The molecule has 1 amide bonds. The molecule has 0 aliphatic heterocycles. The van der Waals surface area contributed by atoms with Crippen LogP contribution in [0.15, 0.2) is 64.6 Å². The molecule has 0 aliphatic carbocycles. The number of phenols is 1. The summed E-state index contributed by atoms with van der Waals surface area (Å²) < 4.78 is 0. The van der Waals surface area contributed by atoms with Gasteiger partial charge in [0.2, 0.25) is 5.91 Å². The molecule has 0 heterocycles. The number of phenolic OH excluding ortho intramolecular Hbond substituents is 1. The molecule has 2 aromatic carbocycles. The van der Waals surface area contributed by atoms with Crippen molar-refractivity contribution in [1.82, 2.24) is 5.43 Å². The third kappa shape index (κ3) is 4.65. The number of benzene rings is 2. The Labute approximate surface area is 127 Å². The van der Waals surface area contributed by atoms with Crippen molar-refractivity contribution in [2.24, 2.45) is 5.10 Å². The maximum atomic E-state index is 11.7. The number of carbonyl (C=O) groups excluding carboxylic acids is 1. The lowest BCUT2D eigenvalue weighted by Gasteiger charge is -2.04. The van der Waals surface area contributed by atoms with Crippen molar-refractivity contribution in [3.63, 3.8) is 0 Å². The number of aromatic hydroxyl groups is 1. The third-order valence-electron chi connectivity index (χ3n) is 2.76. The van der Waals surface area contributed by atoms with E-state index >= 15 is 0 Å². The molecule has 0 unspecified atom stereocenters. The average molecular weight is 300 g/mol. The van der Waals surface area contributed by atoms with Crippen LogP contribution in [0.1, 0.15) is 12.5 Å². The van der Waals surface area contributed by atoms with Crippen molar-refractivity contribution in [3.8, 4) is 5.75 Å². The number of rotatable bonds is 5. The molecule has 0 bridgehead atoms. The molecule has 0 aromatic heterocycles. The quantitative estimate of drug-likeness (QED) is 0.507. The molecule has 2 rings (SSSR count). The van der Waals surface area contributed by atoms with Gasteiger partial charge < -0.3 is 5.11 Å². The lowest BCUT2D eigenvalue weighted by Crippen LogP contribution is -2.21. The molecule has 0 saturated carbocycles. The van der Waals surface area contributed by atoms with Crippen LogP contribution in [0.25, 0.3) is 0 Å². The second-order valence-corrected chi connectivity index (χ2v) is 5.40. The molecular formula is C16H16N2O2S. The molecule has 0 radical (unpaired) electrons. The fraction of sp³-hybridized carbons (Fsp3) is 0.125. The summed E-state index contributed by atoms with van der Waals surface area (Å²) in [5.74, 6) is 0.256. The van der Waals surface area contributed by atoms with Crippen molar-refractivity contribution < 1.29 is 9.90 Å². The second kappa shape index (κ2) is 7.50. The molecule has 0 fully saturated rings. The highest BCUT2D eigenvalue weighted by molar-refractivity contribution is 8.00. The van der Waals surface area contributed by atoms with E-state index in [4.69, 9.17) is 0 Å². The highest BCUT2D eigenvalue weighted by Crippen LogP contribution is 2.17. The number of hydrogen-bond acceptors (Lipinski definition) is 4. The molecule has 2 aromatic rings. The first kappa shape index (κ1) is 15.1. The summed E-state index contributed by atoms with van der Waals surface area (Å²) in [5, 5.41) is 13.7. The maximum Gasteiger partial charge on any atom is 0.250 e. The van der Waals surface area contributed by atoms with Crippen molar-refractivity contribution in [2.75, 3.05) is 5.75 Å². The molecule has 2 N–H and O–H groups in total. The van der Waals surface area contributed by atoms with Crippen LogP contribution in [0.3, 0.4) is 0 Å². The van der Waals surface area contributed by atoms with E-state index in [0.29, 0.717) is 17.0 Å². The van der Waals surface area contributed by atoms with Gasteiger partial charge in [-0.05, 0) is 31.2 Å². The molecule has 21 heavy (non-hydrogen) atoms. The zero-order valence-electron chi connectivity index (χ0n) is 11.6. The smallest absolute Gasteiger partial charge is 0.250 e. The average Bonchev–Trinajstić information content (AvgIpc) is 2.52. The summed E-state index contributed by atoms with van der Waals surface area (Å²) in [4.78, 5) is 12.8. The number of carbonyl (C=O) groups is 1. The van der Waals surface area contributed by atoms with Crippen LogP contribution < -0.4 is 5.43 Å². The van der Waals surface area contributed by atoms with Gasteiger partial charge >= 0.3 is 0 Å². The summed E-state index contributed by atoms with van der Waals surface area (Å²) in [5.41, 5.74) is 3.66. The minimum atomic E-state index is -0.182. The second-order valence-electron chi connectivity index (χ2n) is 4.35. The van der Waals surface area contributed by atoms with Crippen LogP contribution in [0, 0.1) is 0 Å². The van der Waals surface area contributed by atoms with Crippen LogP contribution in [-0.4, -0.2) is 22.5 Å². The molecule has 0 spiro atoms. The van der Waals surface area contributed by atoms with Gasteiger partial charge in [0.05, 0.1) is 11.5 Å². The molecular weight excluding hydrogens is 284 g/mol. The van der Waals surface area contributed by atoms with E-state index < -0.39 is 0 Å². The van der Waals surface area contributed by atoms with Crippen LogP contribution in [0.5, 0.6) is 5.75 Å². The number of nitrogens with zero attached hydrogens (tertiary/aromatic N) is 1. The van der Waals surface area contributed by atoms with Crippen molar-refractivity contribution in [1.29, 1.82) is 0 Å². The largest absolute Gasteiger partial charge is 0.507 e. The number of nitrogens with one attached hydrogen (secondary N) is 1. The number of amides is 1. The molecule has 0 atom stereocenters. The number of para-hydroxylation sites is 1. The SMILES string of the molecule is C/C(=N/NC(=O)CSc1ccccc1)c1ccccc1O. The first-order valence-electron chi connectivity index (χ1n) is 6.46. The van der Waals surface area contributed by atoms with Crippen LogP contribution in [0.4, 0.5) is 0 Å². The Bertz CT molecular complexity index is 642. The standard InChI is InChI=1S/C16H16N2O2S/c1-12(14-9-5-6-10-15(14)19)17-18-16(20)11-21-13-7-3-2-4-8-13/h2-10,19H,11H2,1H3,(H,18,20)/b17-12-. The van der Waals surface area contributed by atoms with Gasteiger partial charge in [0, 0.05) is 10.5 Å². The predicted molar refractivity (Wildman–Crippen MR) is 85.6 cm³/mol. The maximum absolute atomic E-state index is 11.7. The summed E-state index contributed by atoms with van der Waals surface area (Å²) in [7, 11) is 0. The van der Waals surface area contributed by atoms with Crippen molar-refractivity contribution >= 4 is 23.4 Å². The Kier molecular flexibility index (Phi) is 5.40. The summed E-state index contributed by atoms with van der Waals surface area (Å²) in [6.45, 7) is 1.74. The predicted octanol–water partition coefficient (Wildman–Crippen LogP) is 3.02. The molecule has 108 valence electrons. The fourth-order valence-electron chi connectivity index (χ4n) is 1.68. The van der Waals surface area contributed by atoms with E-state index in [1.807, 2.05) is 30.3 Å². The molecule has 0 aliphatic rings. The van der Waals surface area contributed by atoms with Gasteiger partial charge in [-0.25, -0.2) is 5.43 Å². The van der Waals surface area contributed by atoms with E-state index in [0.717, 1.165) is 4.90 Å². The van der Waals surface area contributed by atoms with Crippen LogP contribution >= 0.6 is 11.8 Å². The van der Waals surface area contributed by atoms with Gasteiger partial charge in [0.15, 0.2) is 0 Å².